The Balaban J connectivity index is 3.05. The van der Waals surface area contributed by atoms with Gasteiger partial charge in [0.25, 0.3) is 0 Å². The lowest BCUT2D eigenvalue weighted by molar-refractivity contribution is 0.568. The molecule has 2 nitrogen and oxygen atoms in total. The lowest BCUT2D eigenvalue weighted by atomic mass is 10.1. The van der Waals surface area contributed by atoms with Crippen LogP contribution in [0.25, 0.3) is 0 Å². The molecule has 0 saturated carbocycles. The maximum Gasteiger partial charge on any atom is 0.0596 e. The minimum atomic E-state index is -0.106. The molecule has 0 aliphatic carbocycles. The Morgan fingerprint density at radius 2 is 2.36 bits per heavy atom. The number of hydrazine groups is 1. The highest BCUT2D eigenvalue weighted by Gasteiger charge is 2.13. The van der Waals surface area contributed by atoms with Gasteiger partial charge >= 0.3 is 0 Å². The van der Waals surface area contributed by atoms with E-state index in [1.54, 1.807) is 0 Å². The van der Waals surface area contributed by atoms with Crippen LogP contribution in [0, 0.1) is 12.3 Å². The third kappa shape index (κ3) is 2.49. The fourth-order valence-corrected chi connectivity index (χ4v) is 1.81. The number of benzene rings is 1. The van der Waals surface area contributed by atoms with E-state index in [-0.39, 0.29) is 6.04 Å². The Kier molecular flexibility index (Phi) is 4.43. The number of nitrogens with one attached hydrogen (secondary N) is 1. The highest BCUT2D eigenvalue weighted by molar-refractivity contribution is 9.10. The molecule has 0 fully saturated rings. The molecule has 0 radical (unpaired) electrons. The first-order valence-electron chi connectivity index (χ1n) is 4.04. The van der Waals surface area contributed by atoms with E-state index in [1.165, 1.54) is 0 Å². The molecule has 0 saturated heterocycles. The van der Waals surface area contributed by atoms with Crippen LogP contribution in [0.2, 0.25) is 5.02 Å². The minimum absolute atomic E-state index is 0.106. The van der Waals surface area contributed by atoms with Crippen LogP contribution in [0.3, 0.4) is 0 Å². The van der Waals surface area contributed by atoms with Crippen molar-refractivity contribution in [2.24, 2.45) is 5.84 Å². The van der Waals surface area contributed by atoms with Crippen LogP contribution in [-0.4, -0.2) is 0 Å². The molecule has 1 aromatic rings. The molecular formula is C10H10BrClN2. The summed E-state index contributed by atoms with van der Waals surface area (Å²) in [5.74, 6) is 7.94. The van der Waals surface area contributed by atoms with Gasteiger partial charge in [-0.25, -0.2) is 0 Å². The summed E-state index contributed by atoms with van der Waals surface area (Å²) in [6.45, 7) is 0. The molecule has 0 aliphatic rings. The van der Waals surface area contributed by atoms with E-state index < -0.39 is 0 Å². The minimum Gasteiger partial charge on any atom is -0.271 e. The number of halogens is 2. The normalized spacial score (nSPS) is 12.1. The van der Waals surface area contributed by atoms with Gasteiger partial charge in [-0.2, -0.15) is 0 Å². The maximum absolute atomic E-state index is 6.09. The van der Waals surface area contributed by atoms with Crippen LogP contribution in [0.5, 0.6) is 0 Å². The van der Waals surface area contributed by atoms with Gasteiger partial charge in [0, 0.05) is 10.9 Å². The molecule has 0 bridgehead atoms. The van der Waals surface area contributed by atoms with Gasteiger partial charge < -0.3 is 0 Å². The van der Waals surface area contributed by atoms with Crippen LogP contribution >= 0.6 is 27.5 Å². The zero-order chi connectivity index (χ0) is 10.6. The van der Waals surface area contributed by atoms with Gasteiger partial charge in [0.05, 0.1) is 11.1 Å². The highest BCUT2D eigenvalue weighted by Crippen LogP contribution is 2.30. The van der Waals surface area contributed by atoms with Crippen LogP contribution in [-0.2, 0) is 0 Å². The van der Waals surface area contributed by atoms with Crippen molar-refractivity contribution in [2.75, 3.05) is 0 Å². The summed E-state index contributed by atoms with van der Waals surface area (Å²) >= 11 is 9.43. The highest BCUT2D eigenvalue weighted by atomic mass is 79.9. The second-order valence-corrected chi connectivity index (χ2v) is 4.00. The predicted molar refractivity (Wildman–Crippen MR) is 62.7 cm³/mol. The summed E-state index contributed by atoms with van der Waals surface area (Å²) in [5.41, 5.74) is 3.54. The Labute approximate surface area is 96.9 Å². The molecule has 1 rings (SSSR count). The predicted octanol–water partition coefficient (Wildman–Crippen LogP) is 2.63. The Morgan fingerprint density at radius 3 is 2.93 bits per heavy atom. The Bertz CT molecular complexity index is 360. The summed E-state index contributed by atoms with van der Waals surface area (Å²) in [7, 11) is 0. The number of terminal acetylenes is 1. The first kappa shape index (κ1) is 11.5. The average molecular weight is 274 g/mol. The second kappa shape index (κ2) is 5.38. The number of hydrogen-bond donors (Lipinski definition) is 2. The van der Waals surface area contributed by atoms with Crippen LogP contribution in [0.1, 0.15) is 18.0 Å². The zero-order valence-electron chi connectivity index (χ0n) is 7.43. The number of nitrogens with two attached hydrogens (primary N) is 1. The third-order valence-electron chi connectivity index (χ3n) is 1.88. The van der Waals surface area contributed by atoms with Crippen molar-refractivity contribution >= 4 is 27.5 Å². The smallest absolute Gasteiger partial charge is 0.0596 e. The molecule has 1 unspecified atom stereocenters. The standard InChI is InChI=1S/C10H10BrClN2/c1-2-4-9(14-13)7-5-3-6-8(11)10(7)12/h1,3,5-6,9,14H,4,13H2. The van der Waals surface area contributed by atoms with Crippen LogP contribution < -0.4 is 11.3 Å². The molecule has 0 spiro atoms. The molecule has 74 valence electrons. The number of rotatable bonds is 3. The lowest BCUT2D eigenvalue weighted by Gasteiger charge is -2.15. The van der Waals surface area contributed by atoms with Gasteiger partial charge in [0.1, 0.15) is 0 Å². The molecule has 0 aromatic heterocycles. The van der Waals surface area contributed by atoms with Crippen molar-refractivity contribution in [1.29, 1.82) is 0 Å². The fourth-order valence-electron chi connectivity index (χ4n) is 1.17. The van der Waals surface area contributed by atoms with Crippen molar-refractivity contribution in [1.82, 2.24) is 5.43 Å². The Morgan fingerprint density at radius 1 is 1.64 bits per heavy atom. The third-order valence-corrected chi connectivity index (χ3v) is 3.19. The van der Waals surface area contributed by atoms with Crippen molar-refractivity contribution in [2.45, 2.75) is 12.5 Å². The van der Waals surface area contributed by atoms with Crippen molar-refractivity contribution in [3.8, 4) is 12.3 Å². The largest absolute Gasteiger partial charge is 0.271 e. The van der Waals surface area contributed by atoms with E-state index >= 15 is 0 Å². The molecule has 1 aromatic carbocycles. The van der Waals surface area contributed by atoms with Gasteiger partial charge in [0.15, 0.2) is 0 Å². The van der Waals surface area contributed by atoms with E-state index in [0.717, 1.165) is 10.0 Å². The van der Waals surface area contributed by atoms with E-state index in [0.29, 0.717) is 11.4 Å². The van der Waals surface area contributed by atoms with Gasteiger partial charge in [-0.1, -0.05) is 23.7 Å². The van der Waals surface area contributed by atoms with E-state index in [2.05, 4.69) is 27.3 Å². The molecule has 1 atom stereocenters. The van der Waals surface area contributed by atoms with Crippen LogP contribution in [0.15, 0.2) is 22.7 Å². The van der Waals surface area contributed by atoms with Crippen molar-refractivity contribution in [3.63, 3.8) is 0 Å². The SMILES string of the molecule is C#CCC(NN)c1cccc(Br)c1Cl. The molecule has 0 aliphatic heterocycles. The van der Waals surface area contributed by atoms with E-state index in [4.69, 9.17) is 23.9 Å². The fraction of sp³-hybridized carbons (Fsp3) is 0.200. The van der Waals surface area contributed by atoms with E-state index in [1.807, 2.05) is 18.2 Å². The average Bonchev–Trinajstić information content (AvgIpc) is 2.19. The zero-order valence-corrected chi connectivity index (χ0v) is 9.77. The summed E-state index contributed by atoms with van der Waals surface area (Å²) in [6, 6.07) is 5.56. The topological polar surface area (TPSA) is 38.0 Å². The van der Waals surface area contributed by atoms with Gasteiger partial charge in [0.2, 0.25) is 0 Å². The molecule has 3 N–H and O–H groups in total. The summed E-state index contributed by atoms with van der Waals surface area (Å²) in [5, 5.41) is 0.644. The van der Waals surface area contributed by atoms with Crippen molar-refractivity contribution < 1.29 is 0 Å². The lowest BCUT2D eigenvalue weighted by Crippen LogP contribution is -2.27. The van der Waals surface area contributed by atoms with E-state index in [9.17, 15) is 0 Å². The maximum atomic E-state index is 6.09. The van der Waals surface area contributed by atoms with Gasteiger partial charge in [-0.15, -0.1) is 12.3 Å². The van der Waals surface area contributed by atoms with Crippen LogP contribution in [0.4, 0.5) is 0 Å². The Hall–Kier alpha value is -0.530. The molecule has 4 heteroatoms. The first-order valence-corrected chi connectivity index (χ1v) is 5.21. The molecule has 0 amide bonds. The molecular weight excluding hydrogens is 263 g/mol. The summed E-state index contributed by atoms with van der Waals surface area (Å²) in [6.07, 6.45) is 5.74. The number of hydrogen-bond acceptors (Lipinski definition) is 2. The van der Waals surface area contributed by atoms with Crippen molar-refractivity contribution in [3.05, 3.63) is 33.3 Å². The quantitative estimate of drug-likeness (QED) is 0.505. The molecule has 14 heavy (non-hydrogen) atoms. The van der Waals surface area contributed by atoms with Gasteiger partial charge in [-0.05, 0) is 27.6 Å². The molecule has 0 heterocycles. The summed E-state index contributed by atoms with van der Waals surface area (Å²) < 4.78 is 0.842. The second-order valence-electron chi connectivity index (χ2n) is 2.77. The van der Waals surface area contributed by atoms with Gasteiger partial charge in [-0.3, -0.25) is 11.3 Å². The summed E-state index contributed by atoms with van der Waals surface area (Å²) in [4.78, 5) is 0. The first-order chi connectivity index (χ1) is 6.70. The monoisotopic (exact) mass is 272 g/mol.